The zero-order valence-electron chi connectivity index (χ0n) is 16.6. The van der Waals surface area contributed by atoms with E-state index in [4.69, 9.17) is 37.4 Å². The maximum atomic E-state index is 12.2. The fourth-order valence-corrected chi connectivity index (χ4v) is 3.98. The minimum atomic E-state index is -1.20. The number of hydrogen-bond acceptors (Lipinski definition) is 6. The number of benzene rings is 2. The van der Waals surface area contributed by atoms with E-state index in [2.05, 4.69) is 10.1 Å². The second-order valence-corrected chi connectivity index (χ2v) is 8.03. The Morgan fingerprint density at radius 2 is 2.06 bits per heavy atom. The van der Waals surface area contributed by atoms with E-state index in [-0.39, 0.29) is 25.7 Å². The van der Waals surface area contributed by atoms with Crippen molar-refractivity contribution in [1.29, 1.82) is 0 Å². The van der Waals surface area contributed by atoms with Gasteiger partial charge in [-0.25, -0.2) is 9.67 Å². The molecule has 9 heteroatoms. The lowest BCUT2D eigenvalue weighted by molar-refractivity contribution is -0.194. The number of aryl methyl sites for hydroxylation is 1. The van der Waals surface area contributed by atoms with E-state index in [0.29, 0.717) is 28.5 Å². The number of aromatic nitrogens is 3. The molecular formula is C22H21Cl2N3O4. The summed E-state index contributed by atoms with van der Waals surface area (Å²) in [5.41, 5.74) is 1.70. The molecule has 0 N–H and O–H groups in total. The molecule has 31 heavy (non-hydrogen) atoms. The van der Waals surface area contributed by atoms with Gasteiger partial charge in [0.15, 0.2) is 0 Å². The third-order valence-electron chi connectivity index (χ3n) is 4.93. The van der Waals surface area contributed by atoms with Crippen LogP contribution < -0.4 is 0 Å². The van der Waals surface area contributed by atoms with E-state index < -0.39 is 11.9 Å². The van der Waals surface area contributed by atoms with Gasteiger partial charge in [0.2, 0.25) is 5.79 Å². The van der Waals surface area contributed by atoms with Gasteiger partial charge >= 0.3 is 5.97 Å². The van der Waals surface area contributed by atoms with E-state index >= 15 is 0 Å². The predicted molar refractivity (Wildman–Crippen MR) is 115 cm³/mol. The molecular weight excluding hydrogens is 441 g/mol. The van der Waals surface area contributed by atoms with E-state index in [0.717, 1.165) is 5.56 Å². The Labute approximate surface area is 189 Å². The summed E-state index contributed by atoms with van der Waals surface area (Å²) in [5, 5.41) is 5.06. The number of halogens is 2. The molecule has 1 aliphatic rings. The Bertz CT molecular complexity index is 1020. The molecule has 0 unspecified atom stereocenters. The van der Waals surface area contributed by atoms with Crippen LogP contribution in [0.1, 0.15) is 17.5 Å². The largest absolute Gasteiger partial charge is 0.463 e. The molecule has 0 spiro atoms. The fourth-order valence-electron chi connectivity index (χ4n) is 3.43. The predicted octanol–water partition coefficient (Wildman–Crippen LogP) is 4.03. The second kappa shape index (κ2) is 9.78. The monoisotopic (exact) mass is 461 g/mol. The highest BCUT2D eigenvalue weighted by Gasteiger charge is 2.45. The van der Waals surface area contributed by atoms with Crippen LogP contribution in [-0.4, -0.2) is 40.1 Å². The topological polar surface area (TPSA) is 75.5 Å². The summed E-state index contributed by atoms with van der Waals surface area (Å²) in [7, 11) is 0. The Morgan fingerprint density at radius 3 is 2.81 bits per heavy atom. The van der Waals surface area contributed by atoms with Crippen LogP contribution in [0.4, 0.5) is 0 Å². The summed E-state index contributed by atoms with van der Waals surface area (Å²) < 4.78 is 19.3. The van der Waals surface area contributed by atoms with Crippen LogP contribution in [0.5, 0.6) is 0 Å². The minimum Gasteiger partial charge on any atom is -0.463 e. The van der Waals surface area contributed by atoms with Gasteiger partial charge in [-0.3, -0.25) is 4.79 Å². The molecule has 3 aromatic rings. The number of ether oxygens (including phenoxy) is 3. The summed E-state index contributed by atoms with van der Waals surface area (Å²) >= 11 is 12.5. The molecule has 1 saturated heterocycles. The van der Waals surface area contributed by atoms with E-state index in [1.807, 2.05) is 30.3 Å². The van der Waals surface area contributed by atoms with Crippen molar-refractivity contribution in [3.63, 3.8) is 0 Å². The number of esters is 1. The van der Waals surface area contributed by atoms with Crippen LogP contribution in [0.25, 0.3) is 0 Å². The van der Waals surface area contributed by atoms with E-state index in [1.165, 1.54) is 6.33 Å². The molecule has 162 valence electrons. The maximum Gasteiger partial charge on any atom is 0.306 e. The number of carbonyl (C=O) groups excluding carboxylic acids is 1. The Balaban J connectivity index is 1.40. The fraction of sp³-hybridized carbons (Fsp3) is 0.318. The minimum absolute atomic E-state index is 0.0813. The first-order chi connectivity index (χ1) is 15.0. The molecule has 2 atom stereocenters. The average molecular weight is 462 g/mol. The summed E-state index contributed by atoms with van der Waals surface area (Å²) in [6, 6.07) is 14.9. The molecule has 4 rings (SSSR count). The second-order valence-electron chi connectivity index (χ2n) is 7.19. The van der Waals surface area contributed by atoms with Gasteiger partial charge in [-0.15, -0.1) is 0 Å². The van der Waals surface area contributed by atoms with Gasteiger partial charge < -0.3 is 14.2 Å². The molecule has 0 amide bonds. The molecule has 0 radical (unpaired) electrons. The molecule has 0 saturated carbocycles. The lowest BCUT2D eigenvalue weighted by Crippen LogP contribution is -2.35. The van der Waals surface area contributed by atoms with Gasteiger partial charge in [0.25, 0.3) is 0 Å². The van der Waals surface area contributed by atoms with Crippen LogP contribution in [0, 0.1) is 0 Å². The highest BCUT2D eigenvalue weighted by Crippen LogP contribution is 2.40. The Morgan fingerprint density at radius 1 is 1.23 bits per heavy atom. The van der Waals surface area contributed by atoms with Crippen LogP contribution in [0.3, 0.4) is 0 Å². The Hall–Kier alpha value is -2.45. The quantitative estimate of drug-likeness (QED) is 0.471. The first-order valence-corrected chi connectivity index (χ1v) is 10.6. The van der Waals surface area contributed by atoms with E-state index in [9.17, 15) is 4.79 Å². The normalized spacial score (nSPS) is 20.6. The zero-order chi connectivity index (χ0) is 21.7. The molecule has 2 heterocycles. The number of carbonyl (C=O) groups is 1. The third-order valence-corrected chi connectivity index (χ3v) is 5.48. The molecule has 0 aliphatic carbocycles. The lowest BCUT2D eigenvalue weighted by Gasteiger charge is -2.29. The van der Waals surface area contributed by atoms with Crippen LogP contribution in [-0.2, 0) is 37.8 Å². The maximum absolute atomic E-state index is 12.2. The highest BCUT2D eigenvalue weighted by molar-refractivity contribution is 6.35. The number of rotatable bonds is 8. The SMILES string of the molecule is O=C(CCc1ccccc1)OC[C@@H]1CO[C@@](Cn2cncn2)(c2ccc(Cl)cc2Cl)O1. The van der Waals surface area contributed by atoms with Crippen molar-refractivity contribution in [2.75, 3.05) is 13.2 Å². The van der Waals surface area contributed by atoms with Gasteiger partial charge in [-0.2, -0.15) is 5.10 Å². The van der Waals surface area contributed by atoms with Gasteiger partial charge in [-0.05, 0) is 24.1 Å². The van der Waals surface area contributed by atoms with Crippen molar-refractivity contribution in [2.24, 2.45) is 0 Å². The molecule has 1 fully saturated rings. The molecule has 2 aromatic carbocycles. The van der Waals surface area contributed by atoms with Crippen molar-refractivity contribution >= 4 is 29.2 Å². The summed E-state index contributed by atoms with van der Waals surface area (Å²) in [6.45, 7) is 0.546. The van der Waals surface area contributed by atoms with Crippen molar-refractivity contribution in [3.05, 3.63) is 82.4 Å². The van der Waals surface area contributed by atoms with Gasteiger partial charge in [0.1, 0.15) is 31.9 Å². The average Bonchev–Trinajstić information content (AvgIpc) is 3.42. The van der Waals surface area contributed by atoms with Crippen molar-refractivity contribution < 1.29 is 19.0 Å². The van der Waals surface area contributed by atoms with Crippen molar-refractivity contribution in [3.8, 4) is 0 Å². The van der Waals surface area contributed by atoms with Gasteiger partial charge in [0, 0.05) is 17.0 Å². The first-order valence-electron chi connectivity index (χ1n) is 9.83. The standard InChI is InChI=1S/C22H21Cl2N3O4/c23-17-7-8-19(20(24)10-17)22(13-27-15-25-14-26-27)30-12-18(31-22)11-29-21(28)9-6-16-4-2-1-3-5-16/h1-5,7-8,10,14-15,18H,6,9,11-13H2/t18-,22-/m1/s1. The van der Waals surface area contributed by atoms with Crippen LogP contribution >= 0.6 is 23.2 Å². The van der Waals surface area contributed by atoms with Crippen LogP contribution in [0.15, 0.2) is 61.2 Å². The van der Waals surface area contributed by atoms with Crippen molar-refractivity contribution in [2.45, 2.75) is 31.3 Å². The van der Waals surface area contributed by atoms with E-state index in [1.54, 1.807) is 29.2 Å². The first kappa shape index (κ1) is 21.8. The summed E-state index contributed by atoms with van der Waals surface area (Å²) in [4.78, 5) is 16.1. The van der Waals surface area contributed by atoms with Crippen LogP contribution in [0.2, 0.25) is 10.0 Å². The summed E-state index contributed by atoms with van der Waals surface area (Å²) in [6.07, 6.45) is 3.46. The highest BCUT2D eigenvalue weighted by atomic mass is 35.5. The van der Waals surface area contributed by atoms with Gasteiger partial charge in [0.05, 0.1) is 11.6 Å². The molecule has 1 aliphatic heterocycles. The van der Waals surface area contributed by atoms with Crippen molar-refractivity contribution in [1.82, 2.24) is 14.8 Å². The zero-order valence-corrected chi connectivity index (χ0v) is 18.1. The number of nitrogens with zero attached hydrogens (tertiary/aromatic N) is 3. The summed E-state index contributed by atoms with van der Waals surface area (Å²) in [5.74, 6) is -1.48. The molecule has 0 bridgehead atoms. The Kier molecular flexibility index (Phi) is 6.87. The molecule has 7 nitrogen and oxygen atoms in total. The lowest BCUT2D eigenvalue weighted by atomic mass is 10.1. The smallest absolute Gasteiger partial charge is 0.306 e. The number of hydrogen-bond donors (Lipinski definition) is 0. The van der Waals surface area contributed by atoms with Gasteiger partial charge in [-0.1, -0.05) is 59.6 Å². The molecule has 1 aromatic heterocycles. The third kappa shape index (κ3) is 5.43.